The van der Waals surface area contributed by atoms with Gasteiger partial charge in [-0.25, -0.2) is 4.79 Å². The number of ether oxygens (including phenoxy) is 2. The largest absolute Gasteiger partial charge is 0.507 e. The average molecular weight is 533 g/mol. The molecule has 0 saturated heterocycles. The lowest BCUT2D eigenvalue weighted by atomic mass is 10.1. The second-order valence-electron chi connectivity index (χ2n) is 9.44. The van der Waals surface area contributed by atoms with Gasteiger partial charge in [-0.05, 0) is 62.7 Å². The monoisotopic (exact) mass is 532 g/mol. The van der Waals surface area contributed by atoms with Crippen LogP contribution in [-0.2, 0) is 6.54 Å². The fraction of sp³-hybridized carbons (Fsp3) is 0.355. The number of amides is 1. The van der Waals surface area contributed by atoms with E-state index in [9.17, 15) is 14.7 Å². The van der Waals surface area contributed by atoms with Crippen LogP contribution in [-0.4, -0.2) is 42.3 Å². The summed E-state index contributed by atoms with van der Waals surface area (Å²) in [6, 6.07) is 17.8. The van der Waals surface area contributed by atoms with Crippen LogP contribution in [0.2, 0.25) is 0 Å². The molecule has 8 nitrogen and oxygen atoms in total. The van der Waals surface area contributed by atoms with E-state index < -0.39 is 6.09 Å². The Bertz CT molecular complexity index is 1450. The SMILES string of the molecule is CCNC(=O)Oc1ccc(CN(CC)CCCCCCOc2cc(O)c3c(=O)c4ccccc4oc3c2)cc1. The van der Waals surface area contributed by atoms with E-state index in [4.69, 9.17) is 13.9 Å². The van der Waals surface area contributed by atoms with Crippen molar-refractivity contribution in [3.05, 3.63) is 76.5 Å². The molecule has 0 aliphatic heterocycles. The molecular weight excluding hydrogens is 496 g/mol. The number of nitrogens with one attached hydrogen (secondary N) is 1. The molecule has 0 radical (unpaired) electrons. The molecule has 0 aliphatic carbocycles. The number of unbranched alkanes of at least 4 members (excludes halogenated alkanes) is 3. The maximum Gasteiger partial charge on any atom is 0.412 e. The minimum Gasteiger partial charge on any atom is -0.507 e. The van der Waals surface area contributed by atoms with Crippen molar-refractivity contribution in [3.63, 3.8) is 0 Å². The Hall–Kier alpha value is -4.04. The van der Waals surface area contributed by atoms with E-state index in [1.54, 1.807) is 30.3 Å². The van der Waals surface area contributed by atoms with Crippen molar-refractivity contribution in [2.24, 2.45) is 0 Å². The van der Waals surface area contributed by atoms with Gasteiger partial charge in [0, 0.05) is 25.2 Å². The van der Waals surface area contributed by atoms with Crippen LogP contribution in [0, 0.1) is 0 Å². The van der Waals surface area contributed by atoms with E-state index in [-0.39, 0.29) is 16.6 Å². The first-order chi connectivity index (χ1) is 19.0. The summed E-state index contributed by atoms with van der Waals surface area (Å²) in [5.74, 6) is 0.885. The number of nitrogens with zero attached hydrogens (tertiary/aromatic N) is 1. The molecule has 2 N–H and O–H groups in total. The number of aromatic hydroxyl groups is 1. The molecule has 0 aliphatic rings. The zero-order valence-corrected chi connectivity index (χ0v) is 22.6. The van der Waals surface area contributed by atoms with Crippen molar-refractivity contribution in [1.82, 2.24) is 10.2 Å². The Morgan fingerprint density at radius 3 is 2.49 bits per heavy atom. The molecule has 206 valence electrons. The van der Waals surface area contributed by atoms with Gasteiger partial charge in [0.2, 0.25) is 5.43 Å². The van der Waals surface area contributed by atoms with Crippen LogP contribution in [0.4, 0.5) is 4.79 Å². The minimum atomic E-state index is -0.441. The molecule has 0 fully saturated rings. The summed E-state index contributed by atoms with van der Waals surface area (Å²) in [5.41, 5.74) is 1.73. The van der Waals surface area contributed by atoms with E-state index in [2.05, 4.69) is 17.1 Å². The lowest BCUT2D eigenvalue weighted by Gasteiger charge is -2.20. The lowest BCUT2D eigenvalue weighted by molar-refractivity contribution is 0.201. The molecule has 3 aromatic carbocycles. The molecular formula is C31H36N2O6. The van der Waals surface area contributed by atoms with Gasteiger partial charge in [0.15, 0.2) is 0 Å². The molecule has 4 aromatic rings. The standard InChI is InChI=1S/C31H36N2O6/c1-3-32-31(36)38-23-15-13-22(14-16-23)21-33(4-2)17-9-5-6-10-18-37-24-19-26(34)29-28(20-24)39-27-12-8-7-11-25(27)30(29)35/h7-8,11-16,19-20,34H,3-6,9-10,17-18,21H2,1-2H3,(H,32,36). The van der Waals surface area contributed by atoms with E-state index >= 15 is 0 Å². The Morgan fingerprint density at radius 1 is 0.949 bits per heavy atom. The van der Waals surface area contributed by atoms with Gasteiger partial charge in [0.1, 0.15) is 33.8 Å². The van der Waals surface area contributed by atoms with E-state index in [1.165, 1.54) is 11.6 Å². The highest BCUT2D eigenvalue weighted by molar-refractivity contribution is 5.93. The van der Waals surface area contributed by atoms with Gasteiger partial charge in [-0.15, -0.1) is 0 Å². The third-order valence-electron chi connectivity index (χ3n) is 6.58. The summed E-state index contributed by atoms with van der Waals surface area (Å²) < 4.78 is 16.9. The Morgan fingerprint density at radius 2 is 1.72 bits per heavy atom. The Kier molecular flexibility index (Phi) is 9.80. The smallest absolute Gasteiger partial charge is 0.412 e. The van der Waals surface area contributed by atoms with Gasteiger partial charge in [-0.2, -0.15) is 0 Å². The third-order valence-corrected chi connectivity index (χ3v) is 6.58. The summed E-state index contributed by atoms with van der Waals surface area (Å²) in [5, 5.41) is 13.7. The predicted molar refractivity (Wildman–Crippen MR) is 153 cm³/mol. The number of hydrogen-bond donors (Lipinski definition) is 2. The second kappa shape index (κ2) is 13.7. The van der Waals surface area contributed by atoms with Crippen LogP contribution >= 0.6 is 0 Å². The zero-order chi connectivity index (χ0) is 27.6. The van der Waals surface area contributed by atoms with Gasteiger partial charge in [0.05, 0.1) is 12.0 Å². The highest BCUT2D eigenvalue weighted by atomic mass is 16.6. The molecule has 0 saturated carbocycles. The lowest BCUT2D eigenvalue weighted by Crippen LogP contribution is -2.26. The number of phenolic OH excluding ortho intramolecular Hbond substituents is 1. The van der Waals surface area contributed by atoms with Gasteiger partial charge >= 0.3 is 6.09 Å². The average Bonchev–Trinajstić information content (AvgIpc) is 2.93. The summed E-state index contributed by atoms with van der Waals surface area (Å²) >= 11 is 0. The molecule has 0 unspecified atom stereocenters. The molecule has 1 aromatic heterocycles. The number of carbonyl (C=O) groups is 1. The second-order valence-corrected chi connectivity index (χ2v) is 9.44. The van der Waals surface area contributed by atoms with Crippen molar-refractivity contribution in [1.29, 1.82) is 0 Å². The molecule has 0 bridgehead atoms. The van der Waals surface area contributed by atoms with Crippen LogP contribution in [0.3, 0.4) is 0 Å². The van der Waals surface area contributed by atoms with E-state index in [1.807, 2.05) is 31.2 Å². The fourth-order valence-electron chi connectivity index (χ4n) is 4.50. The number of fused-ring (bicyclic) bond motifs is 2. The first-order valence-corrected chi connectivity index (χ1v) is 13.6. The van der Waals surface area contributed by atoms with Crippen LogP contribution in [0.5, 0.6) is 17.2 Å². The number of hydrogen-bond acceptors (Lipinski definition) is 7. The molecule has 1 heterocycles. The Balaban J connectivity index is 1.18. The minimum absolute atomic E-state index is 0.134. The topological polar surface area (TPSA) is 101 Å². The number of para-hydroxylation sites is 1. The third kappa shape index (κ3) is 7.51. The predicted octanol–water partition coefficient (Wildman–Crippen LogP) is 6.22. The number of phenols is 1. The fourth-order valence-corrected chi connectivity index (χ4v) is 4.50. The van der Waals surface area contributed by atoms with Crippen molar-refractivity contribution >= 4 is 28.0 Å². The van der Waals surface area contributed by atoms with Crippen molar-refractivity contribution in [2.45, 2.75) is 46.1 Å². The number of carbonyl (C=O) groups excluding carboxylic acids is 1. The molecule has 0 spiro atoms. The first kappa shape index (κ1) is 28.0. The van der Waals surface area contributed by atoms with Crippen LogP contribution in [0.25, 0.3) is 21.9 Å². The van der Waals surface area contributed by atoms with E-state index in [0.717, 1.165) is 45.3 Å². The summed E-state index contributed by atoms with van der Waals surface area (Å²) in [6.45, 7) is 7.85. The first-order valence-electron chi connectivity index (χ1n) is 13.6. The van der Waals surface area contributed by atoms with Gasteiger partial charge < -0.3 is 24.3 Å². The van der Waals surface area contributed by atoms with Crippen molar-refractivity contribution in [2.75, 3.05) is 26.2 Å². The van der Waals surface area contributed by atoms with Crippen LogP contribution < -0.4 is 20.2 Å². The molecule has 1 amide bonds. The van der Waals surface area contributed by atoms with Gasteiger partial charge in [-0.3, -0.25) is 9.69 Å². The molecule has 39 heavy (non-hydrogen) atoms. The maximum atomic E-state index is 12.7. The number of benzene rings is 3. The highest BCUT2D eigenvalue weighted by Gasteiger charge is 2.13. The quantitative estimate of drug-likeness (QED) is 0.156. The number of rotatable bonds is 13. The summed E-state index contributed by atoms with van der Waals surface area (Å²) in [7, 11) is 0. The van der Waals surface area contributed by atoms with Crippen molar-refractivity contribution in [3.8, 4) is 17.2 Å². The Labute approximate surface area is 228 Å². The maximum absolute atomic E-state index is 12.7. The molecule has 8 heteroatoms. The zero-order valence-electron chi connectivity index (χ0n) is 22.6. The van der Waals surface area contributed by atoms with E-state index in [0.29, 0.717) is 41.2 Å². The van der Waals surface area contributed by atoms with Crippen LogP contribution in [0.15, 0.2) is 69.9 Å². The summed E-state index contributed by atoms with van der Waals surface area (Å²) in [6.07, 6.45) is 3.65. The summed E-state index contributed by atoms with van der Waals surface area (Å²) in [4.78, 5) is 26.7. The molecule has 0 atom stereocenters. The van der Waals surface area contributed by atoms with Crippen LogP contribution in [0.1, 0.15) is 45.1 Å². The van der Waals surface area contributed by atoms with Gasteiger partial charge in [0.25, 0.3) is 0 Å². The van der Waals surface area contributed by atoms with Gasteiger partial charge in [-0.1, -0.05) is 44.0 Å². The highest BCUT2D eigenvalue weighted by Crippen LogP contribution is 2.30. The normalized spacial score (nSPS) is 11.3. The van der Waals surface area contributed by atoms with Crippen molar-refractivity contribution < 1.29 is 23.8 Å². The molecule has 4 rings (SSSR count).